The molecule has 0 bridgehead atoms. The number of benzene rings is 1. The van der Waals surface area contributed by atoms with E-state index in [0.29, 0.717) is 26.1 Å². The predicted octanol–water partition coefficient (Wildman–Crippen LogP) is 2.02. The molecule has 23 heavy (non-hydrogen) atoms. The molecule has 0 saturated heterocycles. The van der Waals surface area contributed by atoms with Gasteiger partial charge in [0.05, 0.1) is 19.2 Å². The molecule has 126 valence electrons. The molecule has 1 atom stereocenters. The molecule has 2 rings (SSSR count). The lowest BCUT2D eigenvalue weighted by atomic mass is 9.93. The second-order valence-electron chi connectivity index (χ2n) is 5.87. The van der Waals surface area contributed by atoms with E-state index in [4.69, 9.17) is 4.74 Å². The Labute approximate surface area is 138 Å². The van der Waals surface area contributed by atoms with Gasteiger partial charge in [0.1, 0.15) is 0 Å². The Bertz CT molecular complexity index is 559. The van der Waals surface area contributed by atoms with Crippen LogP contribution in [-0.4, -0.2) is 55.0 Å². The zero-order chi connectivity index (χ0) is 16.8. The minimum absolute atomic E-state index is 0.00454. The van der Waals surface area contributed by atoms with E-state index in [1.807, 2.05) is 24.0 Å². The molecule has 5 nitrogen and oxygen atoms in total. The van der Waals surface area contributed by atoms with E-state index in [1.165, 1.54) is 11.1 Å². The fraction of sp³-hybridized carbons (Fsp3) is 0.556. The summed E-state index contributed by atoms with van der Waals surface area (Å²) in [6, 6.07) is 8.30. The highest BCUT2D eigenvalue weighted by Crippen LogP contribution is 2.29. The minimum Gasteiger partial charge on any atom is -0.383 e. The van der Waals surface area contributed by atoms with Gasteiger partial charge in [-0.15, -0.1) is 0 Å². The Morgan fingerprint density at radius 1 is 1.35 bits per heavy atom. The van der Waals surface area contributed by atoms with Crippen LogP contribution in [0.25, 0.3) is 0 Å². The lowest BCUT2D eigenvalue weighted by Gasteiger charge is -2.36. The van der Waals surface area contributed by atoms with Crippen molar-refractivity contribution in [1.82, 2.24) is 9.80 Å². The standard InChI is InChI=1S/C18H26N2O3/c1-4-17(21)19(11-12-23-3)13-18(22)20-10-9-15-7-5-6-8-16(15)14(20)2/h5-8,14H,4,9-13H2,1-3H3. The summed E-state index contributed by atoms with van der Waals surface area (Å²) in [6.45, 7) is 5.59. The lowest BCUT2D eigenvalue weighted by Crippen LogP contribution is -2.46. The van der Waals surface area contributed by atoms with Crippen molar-refractivity contribution >= 4 is 11.8 Å². The van der Waals surface area contributed by atoms with Crippen molar-refractivity contribution in [1.29, 1.82) is 0 Å². The number of ether oxygens (including phenoxy) is 1. The number of carbonyl (C=O) groups is 2. The second-order valence-corrected chi connectivity index (χ2v) is 5.87. The Kier molecular flexibility index (Phi) is 6.16. The largest absolute Gasteiger partial charge is 0.383 e. The van der Waals surface area contributed by atoms with Gasteiger partial charge in [0.25, 0.3) is 0 Å². The van der Waals surface area contributed by atoms with Crippen LogP contribution in [0.15, 0.2) is 24.3 Å². The average Bonchev–Trinajstić information content (AvgIpc) is 2.58. The molecular formula is C18H26N2O3. The summed E-state index contributed by atoms with van der Waals surface area (Å²) in [5.74, 6) is -0.00892. The molecule has 1 unspecified atom stereocenters. The van der Waals surface area contributed by atoms with Gasteiger partial charge in [-0.3, -0.25) is 9.59 Å². The first-order valence-corrected chi connectivity index (χ1v) is 8.22. The molecule has 0 radical (unpaired) electrons. The van der Waals surface area contributed by atoms with Gasteiger partial charge < -0.3 is 14.5 Å². The first-order chi connectivity index (χ1) is 11.1. The summed E-state index contributed by atoms with van der Waals surface area (Å²) >= 11 is 0. The molecule has 1 aliphatic rings. The van der Waals surface area contributed by atoms with E-state index in [1.54, 1.807) is 12.0 Å². The molecular weight excluding hydrogens is 292 g/mol. The maximum atomic E-state index is 12.7. The lowest BCUT2D eigenvalue weighted by molar-refractivity contribution is -0.142. The molecule has 0 aromatic heterocycles. The van der Waals surface area contributed by atoms with Crippen LogP contribution < -0.4 is 0 Å². The third-order valence-electron chi connectivity index (χ3n) is 4.46. The second kappa shape index (κ2) is 8.11. The van der Waals surface area contributed by atoms with Crippen LogP contribution in [0.3, 0.4) is 0 Å². The molecule has 5 heteroatoms. The van der Waals surface area contributed by atoms with Crippen molar-refractivity contribution in [3.05, 3.63) is 35.4 Å². The monoisotopic (exact) mass is 318 g/mol. The predicted molar refractivity (Wildman–Crippen MR) is 89.0 cm³/mol. The quantitative estimate of drug-likeness (QED) is 0.806. The van der Waals surface area contributed by atoms with Gasteiger partial charge in [-0.1, -0.05) is 31.2 Å². The summed E-state index contributed by atoms with van der Waals surface area (Å²) in [7, 11) is 1.60. The van der Waals surface area contributed by atoms with Gasteiger partial charge in [0, 0.05) is 26.6 Å². The Morgan fingerprint density at radius 2 is 2.09 bits per heavy atom. The van der Waals surface area contributed by atoms with Gasteiger partial charge in [0.15, 0.2) is 0 Å². The number of nitrogens with zero attached hydrogens (tertiary/aromatic N) is 2. The fourth-order valence-electron chi connectivity index (χ4n) is 3.08. The van der Waals surface area contributed by atoms with E-state index in [0.717, 1.165) is 6.42 Å². The number of methoxy groups -OCH3 is 1. The van der Waals surface area contributed by atoms with Crippen molar-refractivity contribution in [2.24, 2.45) is 0 Å². The normalized spacial score (nSPS) is 16.8. The van der Waals surface area contributed by atoms with Crippen molar-refractivity contribution in [2.75, 3.05) is 33.4 Å². The van der Waals surface area contributed by atoms with E-state index in [-0.39, 0.29) is 24.4 Å². The van der Waals surface area contributed by atoms with Gasteiger partial charge in [-0.05, 0) is 24.5 Å². The van der Waals surface area contributed by atoms with Gasteiger partial charge in [0.2, 0.25) is 11.8 Å². The third-order valence-corrected chi connectivity index (χ3v) is 4.46. The molecule has 0 spiro atoms. The van der Waals surface area contributed by atoms with E-state index in [2.05, 4.69) is 19.1 Å². The maximum absolute atomic E-state index is 12.7. The fourth-order valence-corrected chi connectivity index (χ4v) is 3.08. The molecule has 0 aliphatic carbocycles. The maximum Gasteiger partial charge on any atom is 0.242 e. The smallest absolute Gasteiger partial charge is 0.242 e. The third kappa shape index (κ3) is 4.10. The highest BCUT2D eigenvalue weighted by atomic mass is 16.5. The van der Waals surface area contributed by atoms with Crippen LogP contribution in [0.1, 0.15) is 37.4 Å². The molecule has 1 aromatic carbocycles. The number of carbonyl (C=O) groups excluding carboxylic acids is 2. The highest BCUT2D eigenvalue weighted by molar-refractivity contribution is 5.85. The van der Waals surface area contributed by atoms with Gasteiger partial charge >= 0.3 is 0 Å². The van der Waals surface area contributed by atoms with Crippen LogP contribution >= 0.6 is 0 Å². The summed E-state index contributed by atoms with van der Waals surface area (Å²) in [5.41, 5.74) is 2.52. The number of hydrogen-bond donors (Lipinski definition) is 0. The molecule has 1 heterocycles. The molecule has 2 amide bonds. The van der Waals surface area contributed by atoms with Crippen molar-refractivity contribution in [2.45, 2.75) is 32.7 Å². The van der Waals surface area contributed by atoms with Crippen LogP contribution in [0.5, 0.6) is 0 Å². The number of fused-ring (bicyclic) bond motifs is 1. The summed E-state index contributed by atoms with van der Waals surface area (Å²) in [5, 5.41) is 0. The first kappa shape index (κ1) is 17.5. The summed E-state index contributed by atoms with van der Waals surface area (Å²) < 4.78 is 5.04. The average molecular weight is 318 g/mol. The Morgan fingerprint density at radius 3 is 2.78 bits per heavy atom. The number of amides is 2. The highest BCUT2D eigenvalue weighted by Gasteiger charge is 2.28. The van der Waals surface area contributed by atoms with Crippen LogP contribution in [-0.2, 0) is 20.7 Å². The first-order valence-electron chi connectivity index (χ1n) is 8.22. The van der Waals surface area contributed by atoms with Crippen molar-refractivity contribution in [3.8, 4) is 0 Å². The zero-order valence-electron chi connectivity index (χ0n) is 14.2. The number of hydrogen-bond acceptors (Lipinski definition) is 3. The van der Waals surface area contributed by atoms with Crippen molar-refractivity contribution < 1.29 is 14.3 Å². The zero-order valence-corrected chi connectivity index (χ0v) is 14.2. The topological polar surface area (TPSA) is 49.9 Å². The van der Waals surface area contributed by atoms with Crippen LogP contribution in [0, 0.1) is 0 Å². The SMILES string of the molecule is CCC(=O)N(CCOC)CC(=O)N1CCc2ccccc2C1C. The molecule has 1 aliphatic heterocycles. The minimum atomic E-state index is -0.0135. The van der Waals surface area contributed by atoms with Crippen LogP contribution in [0.2, 0.25) is 0 Å². The Hall–Kier alpha value is -1.88. The van der Waals surface area contributed by atoms with E-state index < -0.39 is 0 Å². The number of rotatable bonds is 6. The Balaban J connectivity index is 2.06. The van der Waals surface area contributed by atoms with Gasteiger partial charge in [-0.25, -0.2) is 0 Å². The molecule has 0 saturated carbocycles. The van der Waals surface area contributed by atoms with Crippen LogP contribution in [0.4, 0.5) is 0 Å². The van der Waals surface area contributed by atoms with E-state index >= 15 is 0 Å². The van der Waals surface area contributed by atoms with E-state index in [9.17, 15) is 9.59 Å². The molecule has 0 fully saturated rings. The molecule has 0 N–H and O–H groups in total. The summed E-state index contributed by atoms with van der Waals surface area (Å²) in [6.07, 6.45) is 1.27. The summed E-state index contributed by atoms with van der Waals surface area (Å²) in [4.78, 5) is 28.2. The molecule has 1 aromatic rings. The van der Waals surface area contributed by atoms with Gasteiger partial charge in [-0.2, -0.15) is 0 Å². The van der Waals surface area contributed by atoms with Crippen molar-refractivity contribution in [3.63, 3.8) is 0 Å².